The lowest BCUT2D eigenvalue weighted by atomic mass is 9.90. The van der Waals surface area contributed by atoms with Crippen molar-refractivity contribution in [2.45, 2.75) is 19.9 Å². The molecule has 0 radical (unpaired) electrons. The van der Waals surface area contributed by atoms with E-state index in [1.165, 1.54) is 11.3 Å². The van der Waals surface area contributed by atoms with Crippen molar-refractivity contribution in [3.63, 3.8) is 0 Å². The molecule has 36 heavy (non-hydrogen) atoms. The number of hydrogen-bond acceptors (Lipinski definition) is 6. The zero-order valence-corrected chi connectivity index (χ0v) is 22.9. The number of carbonyl (C=O) groups excluding carboxylic acids is 1. The van der Waals surface area contributed by atoms with E-state index in [1.54, 1.807) is 25.5 Å². The first-order valence-electron chi connectivity index (χ1n) is 11.4. The first-order chi connectivity index (χ1) is 17.4. The average Bonchev–Trinajstić information content (AvgIpc) is 3.18. The third-order valence-corrected chi connectivity index (χ3v) is 7.81. The van der Waals surface area contributed by atoms with Crippen molar-refractivity contribution in [1.29, 1.82) is 0 Å². The molecule has 0 N–H and O–H groups in total. The van der Waals surface area contributed by atoms with Gasteiger partial charge in [-0.2, -0.15) is 0 Å². The lowest BCUT2D eigenvalue weighted by Crippen LogP contribution is -2.40. The lowest BCUT2D eigenvalue weighted by molar-refractivity contribution is -0.139. The Kier molecular flexibility index (Phi) is 6.81. The Labute approximate surface area is 225 Å². The van der Waals surface area contributed by atoms with Crippen LogP contribution in [0.25, 0.3) is 16.8 Å². The van der Waals surface area contributed by atoms with Gasteiger partial charge in [0.25, 0.3) is 5.56 Å². The number of rotatable bonds is 5. The number of methoxy groups -OCH3 is 1. The van der Waals surface area contributed by atoms with Gasteiger partial charge in [-0.25, -0.2) is 9.79 Å². The molecule has 3 aromatic carbocycles. The van der Waals surface area contributed by atoms with E-state index < -0.39 is 12.0 Å². The summed E-state index contributed by atoms with van der Waals surface area (Å²) in [7, 11) is 1.59. The Hall–Kier alpha value is -3.24. The smallest absolute Gasteiger partial charge is 0.338 e. The normalized spacial score (nSPS) is 15.6. The average molecular weight is 610 g/mol. The van der Waals surface area contributed by atoms with E-state index in [0.717, 1.165) is 25.5 Å². The van der Waals surface area contributed by atoms with Gasteiger partial charge in [-0.15, -0.1) is 0 Å². The molecule has 0 bridgehead atoms. The second kappa shape index (κ2) is 10.0. The van der Waals surface area contributed by atoms with Crippen LogP contribution in [0.15, 0.2) is 81.7 Å². The van der Waals surface area contributed by atoms with Crippen LogP contribution in [0.2, 0.25) is 0 Å². The van der Waals surface area contributed by atoms with Crippen LogP contribution < -0.4 is 19.6 Å². The first kappa shape index (κ1) is 24.5. The van der Waals surface area contributed by atoms with Crippen LogP contribution in [0, 0.1) is 3.57 Å². The Morgan fingerprint density at radius 1 is 1.14 bits per heavy atom. The quantitative estimate of drug-likeness (QED) is 0.246. The van der Waals surface area contributed by atoms with Crippen molar-refractivity contribution in [1.82, 2.24) is 4.57 Å². The van der Waals surface area contributed by atoms with Crippen molar-refractivity contribution in [3.8, 4) is 5.75 Å². The van der Waals surface area contributed by atoms with Crippen molar-refractivity contribution < 1.29 is 14.3 Å². The van der Waals surface area contributed by atoms with Crippen molar-refractivity contribution in [3.05, 3.63) is 106 Å². The summed E-state index contributed by atoms with van der Waals surface area (Å²) in [4.78, 5) is 32.4. The standard InChI is InChI=1S/C28H23IN2O4S/c1-4-35-27(33)23-16(2)30-28-31(26(32)22(36-28)15-17-9-12-19(29)13-10-17)25(23)24-20-8-6-5-7-18(20)11-14-21(24)34-3/h5-15,25H,4H2,1-3H3/t25-/m1/s1. The van der Waals surface area contributed by atoms with Gasteiger partial charge in [-0.05, 0) is 77.0 Å². The molecule has 5 rings (SSSR count). The fourth-order valence-corrected chi connectivity index (χ4v) is 5.92. The zero-order chi connectivity index (χ0) is 25.4. The van der Waals surface area contributed by atoms with Gasteiger partial charge < -0.3 is 9.47 Å². The number of carbonyl (C=O) groups is 1. The zero-order valence-electron chi connectivity index (χ0n) is 19.9. The molecule has 182 valence electrons. The molecule has 0 aliphatic carbocycles. The van der Waals surface area contributed by atoms with Crippen LogP contribution in [0.5, 0.6) is 5.75 Å². The third kappa shape index (κ3) is 4.28. The topological polar surface area (TPSA) is 69.9 Å². The number of halogens is 1. The monoisotopic (exact) mass is 610 g/mol. The maximum atomic E-state index is 13.9. The van der Waals surface area contributed by atoms with Crippen LogP contribution in [0.1, 0.15) is 31.0 Å². The summed E-state index contributed by atoms with van der Waals surface area (Å²) in [5.74, 6) is 0.0908. The number of esters is 1. The number of nitrogens with zero attached hydrogens (tertiary/aromatic N) is 2. The van der Waals surface area contributed by atoms with Gasteiger partial charge in [-0.3, -0.25) is 9.36 Å². The van der Waals surface area contributed by atoms with E-state index in [9.17, 15) is 9.59 Å². The van der Waals surface area contributed by atoms with Crippen LogP contribution in [-0.2, 0) is 9.53 Å². The molecule has 1 atom stereocenters. The number of hydrogen-bond donors (Lipinski definition) is 0. The number of fused-ring (bicyclic) bond motifs is 2. The van der Waals surface area contributed by atoms with Gasteiger partial charge in [0.1, 0.15) is 11.8 Å². The van der Waals surface area contributed by atoms with E-state index in [-0.39, 0.29) is 12.2 Å². The van der Waals surface area contributed by atoms with Crippen molar-refractivity contribution in [2.75, 3.05) is 13.7 Å². The second-order valence-corrected chi connectivity index (χ2v) is 10.5. The maximum absolute atomic E-state index is 13.9. The lowest BCUT2D eigenvalue weighted by Gasteiger charge is -2.27. The van der Waals surface area contributed by atoms with Crippen molar-refractivity contribution in [2.24, 2.45) is 4.99 Å². The van der Waals surface area contributed by atoms with E-state index in [4.69, 9.17) is 9.47 Å². The molecule has 0 saturated carbocycles. The predicted molar refractivity (Wildman–Crippen MR) is 150 cm³/mol. The highest BCUT2D eigenvalue weighted by Crippen LogP contribution is 2.40. The van der Waals surface area contributed by atoms with Gasteiger partial charge in [0, 0.05) is 9.13 Å². The maximum Gasteiger partial charge on any atom is 0.338 e. The molecule has 2 heterocycles. The van der Waals surface area contributed by atoms with E-state index >= 15 is 0 Å². The number of allylic oxidation sites excluding steroid dienone is 1. The fraction of sp³-hybridized carbons (Fsp3) is 0.179. The molecule has 1 aliphatic heterocycles. The minimum absolute atomic E-state index is 0.215. The number of aromatic nitrogens is 1. The third-order valence-electron chi connectivity index (χ3n) is 6.11. The minimum Gasteiger partial charge on any atom is -0.496 e. The summed E-state index contributed by atoms with van der Waals surface area (Å²) in [6.07, 6.45) is 1.86. The molecule has 0 amide bonds. The largest absolute Gasteiger partial charge is 0.496 e. The Bertz CT molecular complexity index is 1700. The Morgan fingerprint density at radius 2 is 1.89 bits per heavy atom. The van der Waals surface area contributed by atoms with Crippen molar-refractivity contribution >= 4 is 56.7 Å². The summed E-state index contributed by atoms with van der Waals surface area (Å²) in [6, 6.07) is 18.9. The predicted octanol–water partition coefficient (Wildman–Crippen LogP) is 4.56. The van der Waals surface area contributed by atoms with Crippen LogP contribution >= 0.6 is 33.9 Å². The minimum atomic E-state index is -0.750. The summed E-state index contributed by atoms with van der Waals surface area (Å²) >= 11 is 3.56. The molecule has 6 nitrogen and oxygen atoms in total. The molecular weight excluding hydrogens is 587 g/mol. The molecule has 0 unspecified atom stereocenters. The molecule has 1 aromatic heterocycles. The second-order valence-electron chi connectivity index (χ2n) is 8.26. The van der Waals surface area contributed by atoms with Gasteiger partial charge >= 0.3 is 5.97 Å². The van der Waals surface area contributed by atoms with Crippen LogP contribution in [0.3, 0.4) is 0 Å². The SMILES string of the molecule is CCOC(=O)C1=C(C)N=c2sc(=Cc3ccc(I)cc3)c(=O)n2[C@H]1c1c(OC)ccc2ccccc12. The Balaban J connectivity index is 1.84. The summed E-state index contributed by atoms with van der Waals surface area (Å²) < 4.78 is 14.5. The summed E-state index contributed by atoms with van der Waals surface area (Å²) in [6.45, 7) is 3.76. The van der Waals surface area contributed by atoms with E-state index in [0.29, 0.717) is 26.4 Å². The summed E-state index contributed by atoms with van der Waals surface area (Å²) in [5, 5.41) is 1.87. The number of thiazole rings is 1. The highest BCUT2D eigenvalue weighted by molar-refractivity contribution is 14.1. The molecule has 0 spiro atoms. The fourth-order valence-electron chi connectivity index (χ4n) is 4.51. The van der Waals surface area contributed by atoms with Crippen LogP contribution in [-0.4, -0.2) is 24.3 Å². The number of benzene rings is 3. The molecule has 1 aliphatic rings. The van der Waals surface area contributed by atoms with E-state index in [1.807, 2.05) is 66.7 Å². The molecule has 4 aromatic rings. The molecule has 8 heteroatoms. The Morgan fingerprint density at radius 3 is 2.61 bits per heavy atom. The first-order valence-corrected chi connectivity index (χ1v) is 13.3. The molecule has 0 fully saturated rings. The van der Waals surface area contributed by atoms with Gasteiger partial charge in [-0.1, -0.05) is 53.8 Å². The molecular formula is C28H23IN2O4S. The molecule has 0 saturated heterocycles. The van der Waals surface area contributed by atoms with Gasteiger partial charge in [0.15, 0.2) is 4.80 Å². The van der Waals surface area contributed by atoms with Gasteiger partial charge in [0.05, 0.1) is 29.5 Å². The van der Waals surface area contributed by atoms with E-state index in [2.05, 4.69) is 27.6 Å². The highest BCUT2D eigenvalue weighted by Gasteiger charge is 2.36. The van der Waals surface area contributed by atoms with Gasteiger partial charge in [0.2, 0.25) is 0 Å². The highest BCUT2D eigenvalue weighted by atomic mass is 127. The number of ether oxygens (including phenoxy) is 2. The van der Waals surface area contributed by atoms with Crippen LogP contribution in [0.4, 0.5) is 0 Å². The summed E-state index contributed by atoms with van der Waals surface area (Å²) in [5.41, 5.74) is 2.29.